The zero-order valence-corrected chi connectivity index (χ0v) is 13.9. The van der Waals surface area contributed by atoms with E-state index in [1.165, 1.54) is 49.8 Å². The van der Waals surface area contributed by atoms with Gasteiger partial charge in [-0.05, 0) is 56.0 Å². The number of aromatic nitrogens is 1. The summed E-state index contributed by atoms with van der Waals surface area (Å²) in [6.07, 6.45) is 8.68. The molecule has 4 heterocycles. The Balaban J connectivity index is 1.25. The molecule has 1 aromatic heterocycles. The first-order chi connectivity index (χ1) is 11.9. The maximum absolute atomic E-state index is 5.34. The Bertz CT molecular complexity index is 743. The Morgan fingerprint density at radius 1 is 1.08 bits per heavy atom. The molecule has 0 spiro atoms. The van der Waals surface area contributed by atoms with E-state index in [-0.39, 0.29) is 0 Å². The number of hydrogen-bond donors (Lipinski definition) is 1. The predicted octanol–water partition coefficient (Wildman–Crippen LogP) is 4.49. The molecule has 24 heavy (non-hydrogen) atoms. The number of nitrogens with zero attached hydrogens (tertiary/aromatic N) is 2. The summed E-state index contributed by atoms with van der Waals surface area (Å²) in [5.41, 5.74) is 3.82. The molecule has 2 atom stereocenters. The second kappa shape index (κ2) is 5.78. The molecule has 0 radical (unpaired) electrons. The highest BCUT2D eigenvalue weighted by atomic mass is 16.6. The van der Waals surface area contributed by atoms with Gasteiger partial charge in [-0.1, -0.05) is 18.6 Å². The van der Waals surface area contributed by atoms with Gasteiger partial charge in [0.05, 0.1) is 0 Å². The van der Waals surface area contributed by atoms with E-state index in [0.29, 0.717) is 6.04 Å². The highest BCUT2D eigenvalue weighted by Gasteiger charge is 2.35. The molecule has 2 fully saturated rings. The van der Waals surface area contributed by atoms with E-state index < -0.39 is 0 Å². The lowest BCUT2D eigenvalue weighted by Gasteiger charge is -2.34. The van der Waals surface area contributed by atoms with E-state index in [2.05, 4.69) is 39.5 Å². The van der Waals surface area contributed by atoms with Crippen molar-refractivity contribution < 1.29 is 4.74 Å². The molecule has 2 saturated heterocycles. The molecule has 124 valence electrons. The van der Waals surface area contributed by atoms with Crippen LogP contribution < -0.4 is 10.1 Å². The molecule has 0 bridgehead atoms. The quantitative estimate of drug-likeness (QED) is 0.719. The van der Waals surface area contributed by atoms with E-state index in [1.807, 2.05) is 6.07 Å². The lowest BCUT2D eigenvalue weighted by molar-refractivity contribution is 0.150. The standard InChI is InChI=1S/C20H23N3O/c1-2-12-23-17(3-1)8-9-18(23)14-4-6-16(7-5-14)22-13-15-10-11-21-20-19(15)24-20/h4-7,10-11,17-18,22H,1-3,8-9,12-13H2. The molecule has 2 aromatic rings. The summed E-state index contributed by atoms with van der Waals surface area (Å²) in [7, 11) is 0. The van der Waals surface area contributed by atoms with Gasteiger partial charge in [-0.15, -0.1) is 0 Å². The van der Waals surface area contributed by atoms with Gasteiger partial charge in [0.1, 0.15) is 0 Å². The van der Waals surface area contributed by atoms with Gasteiger partial charge in [0, 0.05) is 36.1 Å². The number of anilines is 1. The molecule has 5 rings (SSSR count). The first-order valence-corrected chi connectivity index (χ1v) is 9.14. The number of hydrogen-bond acceptors (Lipinski definition) is 4. The smallest absolute Gasteiger partial charge is 0.263 e. The van der Waals surface area contributed by atoms with Gasteiger partial charge >= 0.3 is 0 Å². The van der Waals surface area contributed by atoms with Crippen molar-refractivity contribution in [2.75, 3.05) is 11.9 Å². The normalized spacial score (nSPS) is 24.8. The van der Waals surface area contributed by atoms with E-state index in [4.69, 9.17) is 4.74 Å². The second-order valence-electron chi connectivity index (χ2n) is 7.16. The number of ether oxygens (including phenoxy) is 1. The van der Waals surface area contributed by atoms with Crippen LogP contribution in [0, 0.1) is 0 Å². The topological polar surface area (TPSA) is 40.7 Å². The maximum Gasteiger partial charge on any atom is 0.263 e. The van der Waals surface area contributed by atoms with Crippen LogP contribution in [0.5, 0.6) is 11.6 Å². The van der Waals surface area contributed by atoms with Crippen LogP contribution >= 0.6 is 0 Å². The third-order valence-electron chi connectivity index (χ3n) is 5.74. The van der Waals surface area contributed by atoms with E-state index in [1.54, 1.807) is 6.20 Å². The molecule has 1 aromatic carbocycles. The number of pyridine rings is 1. The van der Waals surface area contributed by atoms with E-state index in [9.17, 15) is 0 Å². The fraction of sp³-hybridized carbons (Fsp3) is 0.450. The molecule has 3 aliphatic heterocycles. The maximum atomic E-state index is 5.34. The van der Waals surface area contributed by atoms with Gasteiger partial charge in [-0.3, -0.25) is 4.90 Å². The van der Waals surface area contributed by atoms with Crippen molar-refractivity contribution in [1.82, 2.24) is 9.88 Å². The highest BCUT2D eigenvalue weighted by Crippen LogP contribution is 2.45. The average Bonchev–Trinajstić information content (AvgIpc) is 3.31. The molecule has 1 N–H and O–H groups in total. The summed E-state index contributed by atoms with van der Waals surface area (Å²) in [5.74, 6) is 1.73. The SMILES string of the molecule is c1cc(CNc2ccc(C3CCC4CCCCN43)cc2)c2c(n1)O2. The first-order valence-electron chi connectivity index (χ1n) is 9.14. The molecular formula is C20H23N3O. The Kier molecular flexibility index (Phi) is 3.44. The number of fused-ring (bicyclic) bond motifs is 2. The van der Waals surface area contributed by atoms with E-state index in [0.717, 1.165) is 29.9 Å². The Hall–Kier alpha value is -2.07. The molecule has 0 aliphatic carbocycles. The van der Waals surface area contributed by atoms with Crippen LogP contribution in [0.25, 0.3) is 0 Å². The second-order valence-corrected chi connectivity index (χ2v) is 7.16. The van der Waals surface area contributed by atoms with Crippen molar-refractivity contribution in [1.29, 1.82) is 0 Å². The average molecular weight is 321 g/mol. The zero-order chi connectivity index (χ0) is 15.9. The minimum absolute atomic E-state index is 0.634. The zero-order valence-electron chi connectivity index (χ0n) is 13.9. The van der Waals surface area contributed by atoms with Crippen molar-refractivity contribution in [3.63, 3.8) is 0 Å². The number of rotatable bonds is 4. The van der Waals surface area contributed by atoms with Crippen LogP contribution in [0.4, 0.5) is 5.69 Å². The molecule has 0 saturated carbocycles. The molecule has 4 nitrogen and oxygen atoms in total. The first kappa shape index (κ1) is 14.3. The van der Waals surface area contributed by atoms with Crippen LogP contribution in [0.1, 0.15) is 49.3 Å². The summed E-state index contributed by atoms with van der Waals surface area (Å²) in [6, 6.07) is 12.5. The number of nitrogens with one attached hydrogen (secondary N) is 1. The summed E-state index contributed by atoms with van der Waals surface area (Å²) >= 11 is 0. The Labute approximate surface area is 142 Å². The van der Waals surface area contributed by atoms with E-state index >= 15 is 0 Å². The largest absolute Gasteiger partial charge is 0.430 e. The van der Waals surface area contributed by atoms with Gasteiger partial charge < -0.3 is 10.1 Å². The lowest BCUT2D eigenvalue weighted by Crippen LogP contribution is -2.35. The van der Waals surface area contributed by atoms with Gasteiger partial charge in [-0.2, -0.15) is 0 Å². The molecule has 3 aliphatic rings. The minimum Gasteiger partial charge on any atom is -0.430 e. The van der Waals surface area contributed by atoms with Crippen LogP contribution in [-0.2, 0) is 6.54 Å². The summed E-state index contributed by atoms with van der Waals surface area (Å²) in [6.45, 7) is 2.06. The molecule has 2 unspecified atom stereocenters. The van der Waals surface area contributed by atoms with Crippen molar-refractivity contribution in [2.45, 2.75) is 50.7 Å². The fourth-order valence-electron chi connectivity index (χ4n) is 4.41. The molecular weight excluding hydrogens is 298 g/mol. The monoisotopic (exact) mass is 321 g/mol. The van der Waals surface area contributed by atoms with Crippen molar-refractivity contribution in [3.8, 4) is 11.6 Å². The highest BCUT2D eigenvalue weighted by molar-refractivity contribution is 5.56. The third-order valence-corrected chi connectivity index (χ3v) is 5.74. The summed E-state index contributed by atoms with van der Waals surface area (Å²) < 4.78 is 5.34. The van der Waals surface area contributed by atoms with Gasteiger partial charge in [-0.25, -0.2) is 4.98 Å². The third kappa shape index (κ3) is 2.55. The summed E-state index contributed by atoms with van der Waals surface area (Å²) in [4.78, 5) is 6.87. The number of piperidine rings is 1. The van der Waals surface area contributed by atoms with Crippen molar-refractivity contribution in [3.05, 3.63) is 47.7 Å². The molecule has 4 heteroatoms. The van der Waals surface area contributed by atoms with Crippen LogP contribution in [0.3, 0.4) is 0 Å². The molecule has 0 amide bonds. The van der Waals surface area contributed by atoms with Gasteiger partial charge in [0.2, 0.25) is 0 Å². The van der Waals surface area contributed by atoms with Gasteiger partial charge in [0.15, 0.2) is 5.75 Å². The van der Waals surface area contributed by atoms with Crippen molar-refractivity contribution >= 4 is 5.69 Å². The number of benzene rings is 1. The Morgan fingerprint density at radius 2 is 2.00 bits per heavy atom. The summed E-state index contributed by atoms with van der Waals surface area (Å²) in [5, 5.41) is 3.49. The van der Waals surface area contributed by atoms with Crippen LogP contribution in [0.2, 0.25) is 0 Å². The van der Waals surface area contributed by atoms with Crippen LogP contribution in [0.15, 0.2) is 36.5 Å². The Morgan fingerprint density at radius 3 is 2.92 bits per heavy atom. The van der Waals surface area contributed by atoms with Crippen molar-refractivity contribution in [2.24, 2.45) is 0 Å². The predicted molar refractivity (Wildman–Crippen MR) is 94.4 cm³/mol. The van der Waals surface area contributed by atoms with Gasteiger partial charge in [0.25, 0.3) is 5.88 Å². The minimum atomic E-state index is 0.634. The fourth-order valence-corrected chi connectivity index (χ4v) is 4.41. The lowest BCUT2D eigenvalue weighted by atomic mass is 10.0. The van der Waals surface area contributed by atoms with Crippen LogP contribution in [-0.4, -0.2) is 22.5 Å².